The van der Waals surface area contributed by atoms with Crippen molar-refractivity contribution in [2.75, 3.05) is 100 Å². The lowest BCUT2D eigenvalue weighted by molar-refractivity contribution is -0.757. The fourth-order valence-corrected chi connectivity index (χ4v) is 9.51. The molecule has 1 aromatic rings. The molecule has 0 spiro atoms. The highest BCUT2D eigenvalue weighted by Crippen LogP contribution is 2.38. The molecule has 4 aliphatic rings. The Kier molecular flexibility index (Phi) is 21.1. The number of unbranched alkanes of at least 4 members (excludes halogenated alkanes) is 3. The second-order valence-electron chi connectivity index (χ2n) is 16.9. The van der Waals surface area contributed by atoms with Crippen molar-refractivity contribution < 1.29 is 52.7 Å². The van der Waals surface area contributed by atoms with E-state index in [9.17, 15) is 19.7 Å². The molecule has 1 N–H and O–H groups in total. The van der Waals surface area contributed by atoms with Gasteiger partial charge >= 0.3 is 6.09 Å². The topological polar surface area (TPSA) is 170 Å². The first-order valence-electron chi connectivity index (χ1n) is 22.4. The lowest BCUT2D eigenvalue weighted by Gasteiger charge is -2.47. The van der Waals surface area contributed by atoms with Gasteiger partial charge in [0.1, 0.15) is 0 Å². The number of amides is 2. The van der Waals surface area contributed by atoms with Gasteiger partial charge in [-0.05, 0) is 87.7 Å². The lowest BCUT2D eigenvalue weighted by atomic mass is 9.77. The summed E-state index contributed by atoms with van der Waals surface area (Å²) < 4.78 is 41.0. The minimum atomic E-state index is -0.779. The summed E-state index contributed by atoms with van der Waals surface area (Å²) in [5.41, 5.74) is 2.15. The third kappa shape index (κ3) is 15.3. The van der Waals surface area contributed by atoms with Crippen LogP contribution in [0.2, 0.25) is 0 Å². The third-order valence-corrected chi connectivity index (χ3v) is 12.8. The fraction of sp³-hybridized carbons (Fsp3) is 0.818. The Morgan fingerprint density at radius 2 is 1.65 bits per heavy atom. The Labute approximate surface area is 356 Å². The molecule has 2 heterocycles. The number of piperidine rings is 1. The number of rotatable bonds is 25. The molecule has 0 aromatic heterocycles. The molecule has 16 nitrogen and oxygen atoms in total. The molecule has 2 saturated carbocycles. The molecule has 6 atom stereocenters. The molecule has 2 aliphatic carbocycles. The summed E-state index contributed by atoms with van der Waals surface area (Å²) in [6.45, 7) is 6.94. The molecule has 0 radical (unpaired) electrons. The molecule has 1 aromatic carbocycles. The van der Waals surface area contributed by atoms with Crippen LogP contribution < -0.4 is 5.32 Å². The van der Waals surface area contributed by atoms with Crippen molar-refractivity contribution in [2.24, 2.45) is 17.8 Å². The van der Waals surface area contributed by atoms with E-state index < -0.39 is 11.2 Å². The minimum Gasteiger partial charge on any atom is -0.449 e. The molecule has 5 rings (SSSR count). The second-order valence-corrected chi connectivity index (χ2v) is 16.9. The summed E-state index contributed by atoms with van der Waals surface area (Å²) in [7, 11) is 5.14. The Balaban J connectivity index is 1.30. The number of nitrogens with one attached hydrogen (secondary N) is 1. The zero-order chi connectivity index (χ0) is 42.5. The number of methoxy groups -OCH3 is 3. The molecule has 340 valence electrons. The van der Waals surface area contributed by atoms with Gasteiger partial charge in [0.15, 0.2) is 0 Å². The SMILES string of the molecule is COCCCN1CCOC2CCC(COC3CN(C(=O)OCCCCCCO[N+](=O)[O-])CC(CNC(=O)C4CCC(OC)CC4)C3c3ccc(COCCOC)cc3)CC21. The average Bonchev–Trinajstić information content (AvgIpc) is 3.27. The second kappa shape index (κ2) is 26.4. The van der Waals surface area contributed by atoms with Crippen LogP contribution in [0.25, 0.3) is 0 Å². The summed E-state index contributed by atoms with van der Waals surface area (Å²) in [4.78, 5) is 46.6. The van der Waals surface area contributed by atoms with Gasteiger partial charge in [-0.25, -0.2) is 4.79 Å². The van der Waals surface area contributed by atoms with Crippen LogP contribution in [0.5, 0.6) is 0 Å². The van der Waals surface area contributed by atoms with E-state index in [1.54, 1.807) is 26.2 Å². The quantitative estimate of drug-likeness (QED) is 0.0757. The van der Waals surface area contributed by atoms with Gasteiger partial charge in [-0.1, -0.05) is 30.7 Å². The summed E-state index contributed by atoms with van der Waals surface area (Å²) >= 11 is 0. The fourth-order valence-electron chi connectivity index (χ4n) is 9.51. The predicted molar refractivity (Wildman–Crippen MR) is 223 cm³/mol. The number of carbonyl (C=O) groups excluding carboxylic acids is 2. The van der Waals surface area contributed by atoms with E-state index in [1.165, 1.54) is 0 Å². The van der Waals surface area contributed by atoms with Crippen molar-refractivity contribution >= 4 is 12.0 Å². The van der Waals surface area contributed by atoms with E-state index in [0.29, 0.717) is 70.9 Å². The average molecular weight is 849 g/mol. The zero-order valence-electron chi connectivity index (χ0n) is 36.3. The van der Waals surface area contributed by atoms with Crippen LogP contribution in [-0.4, -0.2) is 152 Å². The molecular formula is C44H72N4O12. The van der Waals surface area contributed by atoms with Crippen molar-refractivity contribution in [1.29, 1.82) is 0 Å². The van der Waals surface area contributed by atoms with E-state index >= 15 is 0 Å². The minimum absolute atomic E-state index is 0.0501. The number of benzene rings is 1. The van der Waals surface area contributed by atoms with Gasteiger partial charge in [0.25, 0.3) is 5.09 Å². The Morgan fingerprint density at radius 3 is 2.38 bits per heavy atom. The standard InChI is InChI=1S/C44H72N4O12/c1-53-21-8-19-46-20-24-57-40-18-11-34(27-39(40)46)32-59-41-30-47(44(50)58-22-6-4-5-7-23-60-48(51)52)29-37(28-45-43(49)36-14-16-38(55-3)17-15-36)42(41)35-12-9-33(10-13-35)31-56-26-25-54-2/h9-10,12-13,34,36-42H,4-8,11,14-32H2,1-3H3,(H,45,49). The Bertz CT molecular complexity index is 1400. The molecule has 0 bridgehead atoms. The smallest absolute Gasteiger partial charge is 0.409 e. The number of likely N-dealkylation sites (tertiary alicyclic amines) is 1. The summed E-state index contributed by atoms with van der Waals surface area (Å²) in [5.74, 6) is 0.0869. The van der Waals surface area contributed by atoms with Crippen molar-refractivity contribution in [3.8, 4) is 0 Å². The van der Waals surface area contributed by atoms with Crippen LogP contribution in [0.15, 0.2) is 24.3 Å². The third-order valence-electron chi connectivity index (χ3n) is 12.8. The van der Waals surface area contributed by atoms with Gasteiger partial charge in [0, 0.05) is 84.5 Å². The van der Waals surface area contributed by atoms with Crippen molar-refractivity contribution in [3.05, 3.63) is 45.5 Å². The zero-order valence-corrected chi connectivity index (χ0v) is 36.3. The normalized spacial score (nSPS) is 27.2. The van der Waals surface area contributed by atoms with Gasteiger partial charge in [-0.3, -0.25) is 9.69 Å². The van der Waals surface area contributed by atoms with Gasteiger partial charge in [-0.2, -0.15) is 0 Å². The Hall–Kier alpha value is -3.12. The maximum absolute atomic E-state index is 13.8. The van der Waals surface area contributed by atoms with Gasteiger partial charge in [0.05, 0.1) is 64.5 Å². The van der Waals surface area contributed by atoms with Gasteiger partial charge in [0.2, 0.25) is 5.91 Å². The monoisotopic (exact) mass is 849 g/mol. The highest BCUT2D eigenvalue weighted by Gasteiger charge is 2.43. The molecule has 6 unspecified atom stereocenters. The van der Waals surface area contributed by atoms with E-state index in [2.05, 4.69) is 39.3 Å². The number of hydrogen-bond acceptors (Lipinski definition) is 13. The summed E-state index contributed by atoms with van der Waals surface area (Å²) in [5, 5.41) is 13.0. The van der Waals surface area contributed by atoms with E-state index in [1.807, 2.05) is 0 Å². The highest BCUT2D eigenvalue weighted by molar-refractivity contribution is 5.78. The number of nitrogens with zero attached hydrogens (tertiary/aromatic N) is 3. The lowest BCUT2D eigenvalue weighted by Crippen LogP contribution is -2.56. The maximum atomic E-state index is 13.8. The van der Waals surface area contributed by atoms with Crippen LogP contribution in [0, 0.1) is 27.9 Å². The van der Waals surface area contributed by atoms with Crippen LogP contribution in [-0.2, 0) is 49.4 Å². The van der Waals surface area contributed by atoms with Crippen LogP contribution in [0.1, 0.15) is 94.1 Å². The first-order chi connectivity index (χ1) is 29.3. The molecule has 2 aliphatic heterocycles. The van der Waals surface area contributed by atoms with Crippen molar-refractivity contribution in [2.45, 2.75) is 114 Å². The summed E-state index contributed by atoms with van der Waals surface area (Å²) in [6.07, 6.45) is 9.67. The number of fused-ring (bicyclic) bond motifs is 1. The number of morpholine rings is 1. The van der Waals surface area contributed by atoms with Gasteiger partial charge in [-0.15, -0.1) is 10.1 Å². The highest BCUT2D eigenvalue weighted by atomic mass is 16.9. The number of ether oxygens (including phenoxy) is 7. The number of hydrogen-bond donors (Lipinski definition) is 1. The predicted octanol–water partition coefficient (Wildman–Crippen LogP) is 5.38. The molecule has 2 saturated heterocycles. The largest absolute Gasteiger partial charge is 0.449 e. The van der Waals surface area contributed by atoms with Crippen LogP contribution >= 0.6 is 0 Å². The van der Waals surface area contributed by atoms with Crippen LogP contribution in [0.3, 0.4) is 0 Å². The van der Waals surface area contributed by atoms with E-state index in [0.717, 1.165) is 102 Å². The molecular weight excluding hydrogens is 776 g/mol. The first kappa shape index (κ1) is 47.9. The maximum Gasteiger partial charge on any atom is 0.409 e. The Morgan fingerprint density at radius 1 is 0.883 bits per heavy atom. The van der Waals surface area contributed by atoms with Crippen molar-refractivity contribution in [3.63, 3.8) is 0 Å². The number of carbonyl (C=O) groups is 2. The summed E-state index contributed by atoms with van der Waals surface area (Å²) in [6, 6.07) is 8.81. The van der Waals surface area contributed by atoms with Crippen molar-refractivity contribution in [1.82, 2.24) is 15.1 Å². The molecule has 60 heavy (non-hydrogen) atoms. The van der Waals surface area contributed by atoms with Gasteiger partial charge < -0.3 is 48.2 Å². The van der Waals surface area contributed by atoms with E-state index in [-0.39, 0.29) is 55.2 Å². The first-order valence-corrected chi connectivity index (χ1v) is 22.4. The molecule has 4 fully saturated rings. The van der Waals surface area contributed by atoms with Crippen LogP contribution in [0.4, 0.5) is 4.79 Å². The molecule has 16 heteroatoms. The molecule has 2 amide bonds. The van der Waals surface area contributed by atoms with E-state index in [4.69, 9.17) is 33.2 Å².